The van der Waals surface area contributed by atoms with Crippen LogP contribution in [-0.2, 0) is 0 Å². The molecule has 2 rings (SSSR count). The fourth-order valence-corrected chi connectivity index (χ4v) is 2.00. The van der Waals surface area contributed by atoms with Crippen LogP contribution in [0.3, 0.4) is 0 Å². The third-order valence-electron chi connectivity index (χ3n) is 2.92. The van der Waals surface area contributed by atoms with Crippen molar-refractivity contribution in [2.75, 3.05) is 14.2 Å². The Balaban J connectivity index is 2.69. The summed E-state index contributed by atoms with van der Waals surface area (Å²) in [6.07, 6.45) is 0. The predicted octanol–water partition coefficient (Wildman–Crippen LogP) is 3.21. The van der Waals surface area contributed by atoms with Gasteiger partial charge in [-0.3, -0.25) is 0 Å². The van der Waals surface area contributed by atoms with E-state index in [0.29, 0.717) is 17.1 Å². The van der Waals surface area contributed by atoms with Crippen molar-refractivity contribution in [2.24, 2.45) is 0 Å². The van der Waals surface area contributed by atoms with Gasteiger partial charge in [-0.15, -0.1) is 0 Å². The van der Waals surface area contributed by atoms with E-state index in [1.54, 1.807) is 18.2 Å². The standard InChI is InChI=1S/C15H13FO4/c1-19-12-8-4-6-10(14(12)20-2)9-5-3-7-11(13(9)16)15(17)18/h3-8H,1-2H3,(H,17,18). The number of para-hydroxylation sites is 1. The van der Waals surface area contributed by atoms with Crippen LogP contribution in [0.1, 0.15) is 10.4 Å². The van der Waals surface area contributed by atoms with Gasteiger partial charge in [-0.2, -0.15) is 0 Å². The number of carboxylic acids is 1. The highest BCUT2D eigenvalue weighted by molar-refractivity contribution is 5.90. The number of ether oxygens (including phenoxy) is 2. The molecule has 4 nitrogen and oxygen atoms in total. The minimum absolute atomic E-state index is 0.153. The summed E-state index contributed by atoms with van der Waals surface area (Å²) in [6.45, 7) is 0. The quantitative estimate of drug-likeness (QED) is 0.931. The first-order valence-corrected chi connectivity index (χ1v) is 5.83. The van der Waals surface area contributed by atoms with Gasteiger partial charge in [0, 0.05) is 11.1 Å². The number of hydrogen-bond donors (Lipinski definition) is 1. The summed E-state index contributed by atoms with van der Waals surface area (Å²) in [5.41, 5.74) is 0.209. The second kappa shape index (κ2) is 5.61. The molecule has 0 aliphatic heterocycles. The van der Waals surface area contributed by atoms with Crippen molar-refractivity contribution in [3.63, 3.8) is 0 Å². The number of hydrogen-bond acceptors (Lipinski definition) is 3. The van der Waals surface area contributed by atoms with Gasteiger partial charge in [-0.25, -0.2) is 9.18 Å². The fraction of sp³-hybridized carbons (Fsp3) is 0.133. The zero-order valence-electron chi connectivity index (χ0n) is 11.0. The lowest BCUT2D eigenvalue weighted by Gasteiger charge is -2.13. The number of halogens is 1. The van der Waals surface area contributed by atoms with Crippen LogP contribution in [0, 0.1) is 5.82 Å². The van der Waals surface area contributed by atoms with Gasteiger partial charge in [0.1, 0.15) is 5.82 Å². The monoisotopic (exact) mass is 276 g/mol. The van der Waals surface area contributed by atoms with E-state index in [-0.39, 0.29) is 11.1 Å². The topological polar surface area (TPSA) is 55.8 Å². The molecule has 0 radical (unpaired) electrons. The molecule has 0 heterocycles. The summed E-state index contributed by atoms with van der Waals surface area (Å²) < 4.78 is 24.7. The molecule has 0 fully saturated rings. The highest BCUT2D eigenvalue weighted by Gasteiger charge is 2.19. The van der Waals surface area contributed by atoms with Crippen molar-refractivity contribution in [2.45, 2.75) is 0 Å². The zero-order valence-corrected chi connectivity index (χ0v) is 11.0. The van der Waals surface area contributed by atoms with E-state index in [1.165, 1.54) is 32.4 Å². The van der Waals surface area contributed by atoms with Crippen molar-refractivity contribution in [3.8, 4) is 22.6 Å². The molecule has 0 atom stereocenters. The minimum atomic E-state index is -1.31. The van der Waals surface area contributed by atoms with Crippen molar-refractivity contribution in [1.82, 2.24) is 0 Å². The Labute approximate surface area is 115 Å². The Bertz CT molecular complexity index is 652. The van der Waals surface area contributed by atoms with E-state index in [1.807, 2.05) is 0 Å². The molecule has 0 aliphatic rings. The van der Waals surface area contributed by atoms with Gasteiger partial charge in [-0.1, -0.05) is 24.3 Å². The molecule has 0 unspecified atom stereocenters. The van der Waals surface area contributed by atoms with Crippen LogP contribution in [0.15, 0.2) is 36.4 Å². The molecule has 0 saturated carbocycles. The lowest BCUT2D eigenvalue weighted by atomic mass is 10.0. The molecule has 2 aromatic carbocycles. The van der Waals surface area contributed by atoms with Crippen LogP contribution >= 0.6 is 0 Å². The van der Waals surface area contributed by atoms with Gasteiger partial charge in [0.05, 0.1) is 19.8 Å². The van der Waals surface area contributed by atoms with E-state index >= 15 is 0 Å². The first-order valence-electron chi connectivity index (χ1n) is 5.83. The van der Waals surface area contributed by atoms with Gasteiger partial charge < -0.3 is 14.6 Å². The van der Waals surface area contributed by atoms with Crippen LogP contribution in [0.25, 0.3) is 11.1 Å². The zero-order chi connectivity index (χ0) is 14.7. The van der Waals surface area contributed by atoms with E-state index in [0.717, 1.165) is 0 Å². The number of carboxylic acid groups (broad SMARTS) is 1. The van der Waals surface area contributed by atoms with Crippen LogP contribution in [-0.4, -0.2) is 25.3 Å². The van der Waals surface area contributed by atoms with Crippen LogP contribution < -0.4 is 9.47 Å². The number of methoxy groups -OCH3 is 2. The summed E-state index contributed by atoms with van der Waals surface area (Å²) in [4.78, 5) is 11.0. The van der Waals surface area contributed by atoms with Gasteiger partial charge in [0.2, 0.25) is 0 Å². The Morgan fingerprint density at radius 1 is 1.05 bits per heavy atom. The molecular formula is C15H13FO4. The summed E-state index contributed by atoms with van der Waals surface area (Å²) in [7, 11) is 2.92. The molecule has 0 bridgehead atoms. The Morgan fingerprint density at radius 2 is 1.70 bits per heavy atom. The lowest BCUT2D eigenvalue weighted by Crippen LogP contribution is -2.02. The van der Waals surface area contributed by atoms with Crippen LogP contribution in [0.4, 0.5) is 4.39 Å². The molecule has 20 heavy (non-hydrogen) atoms. The van der Waals surface area contributed by atoms with Crippen molar-refractivity contribution in [3.05, 3.63) is 47.8 Å². The van der Waals surface area contributed by atoms with Crippen molar-refractivity contribution in [1.29, 1.82) is 0 Å². The largest absolute Gasteiger partial charge is 0.493 e. The van der Waals surface area contributed by atoms with Gasteiger partial charge in [-0.05, 0) is 12.1 Å². The molecule has 0 aliphatic carbocycles. The summed E-state index contributed by atoms with van der Waals surface area (Å²) in [5, 5.41) is 8.97. The molecular weight excluding hydrogens is 263 g/mol. The first-order chi connectivity index (χ1) is 9.60. The van der Waals surface area contributed by atoms with E-state index in [2.05, 4.69) is 0 Å². The number of aromatic carboxylic acids is 1. The highest BCUT2D eigenvalue weighted by atomic mass is 19.1. The SMILES string of the molecule is COc1cccc(-c2cccc(C(=O)O)c2F)c1OC. The van der Waals surface area contributed by atoms with Gasteiger partial charge >= 0.3 is 5.97 Å². The molecule has 0 amide bonds. The smallest absolute Gasteiger partial charge is 0.338 e. The number of rotatable bonds is 4. The fourth-order valence-electron chi connectivity index (χ4n) is 2.00. The summed E-state index contributed by atoms with van der Waals surface area (Å²) in [6, 6.07) is 9.21. The maximum atomic E-state index is 14.3. The highest BCUT2D eigenvalue weighted by Crippen LogP contribution is 2.39. The van der Waals surface area contributed by atoms with Crippen LogP contribution in [0.5, 0.6) is 11.5 Å². The average Bonchev–Trinajstić information content (AvgIpc) is 2.46. The van der Waals surface area contributed by atoms with E-state index in [4.69, 9.17) is 14.6 Å². The second-order valence-electron chi connectivity index (χ2n) is 4.01. The summed E-state index contributed by atoms with van der Waals surface area (Å²) >= 11 is 0. The average molecular weight is 276 g/mol. The first kappa shape index (κ1) is 13.9. The molecule has 1 N–H and O–H groups in total. The Kier molecular flexibility index (Phi) is 3.89. The third-order valence-corrected chi connectivity index (χ3v) is 2.92. The van der Waals surface area contributed by atoms with E-state index in [9.17, 15) is 9.18 Å². The van der Waals surface area contributed by atoms with E-state index < -0.39 is 11.8 Å². The van der Waals surface area contributed by atoms with Crippen molar-refractivity contribution < 1.29 is 23.8 Å². The molecule has 5 heteroatoms. The van der Waals surface area contributed by atoms with Crippen LogP contribution in [0.2, 0.25) is 0 Å². The normalized spacial score (nSPS) is 10.2. The predicted molar refractivity (Wildman–Crippen MR) is 71.9 cm³/mol. The molecule has 0 spiro atoms. The minimum Gasteiger partial charge on any atom is -0.493 e. The maximum Gasteiger partial charge on any atom is 0.338 e. The second-order valence-corrected chi connectivity index (χ2v) is 4.01. The molecule has 104 valence electrons. The number of carbonyl (C=O) groups is 1. The Hall–Kier alpha value is -2.56. The third kappa shape index (κ3) is 2.30. The van der Waals surface area contributed by atoms with Gasteiger partial charge in [0.25, 0.3) is 0 Å². The molecule has 0 aromatic heterocycles. The molecule has 0 saturated heterocycles. The van der Waals surface area contributed by atoms with Crippen molar-refractivity contribution >= 4 is 5.97 Å². The Morgan fingerprint density at radius 3 is 2.30 bits per heavy atom. The molecule has 2 aromatic rings. The lowest BCUT2D eigenvalue weighted by molar-refractivity contribution is 0.0692. The van der Waals surface area contributed by atoms with Gasteiger partial charge in [0.15, 0.2) is 11.5 Å². The summed E-state index contributed by atoms with van der Waals surface area (Å²) in [5.74, 6) is -1.31. The maximum absolute atomic E-state index is 14.3. The number of benzene rings is 2.